The van der Waals surface area contributed by atoms with Gasteiger partial charge in [-0.05, 0) is 38.3 Å². The van der Waals surface area contributed by atoms with E-state index in [1.54, 1.807) is 0 Å². The predicted octanol–water partition coefficient (Wildman–Crippen LogP) is 2.30. The number of para-hydroxylation sites is 1. The first-order chi connectivity index (χ1) is 8.13. The van der Waals surface area contributed by atoms with Gasteiger partial charge in [0.1, 0.15) is 5.75 Å². The number of rotatable bonds is 4. The molecule has 1 atom stereocenters. The van der Waals surface area contributed by atoms with Crippen LogP contribution < -0.4 is 10.1 Å². The van der Waals surface area contributed by atoms with Crippen LogP contribution in [0.5, 0.6) is 5.75 Å². The van der Waals surface area contributed by atoms with Crippen molar-refractivity contribution in [2.45, 2.75) is 38.6 Å². The van der Waals surface area contributed by atoms with E-state index in [4.69, 9.17) is 4.74 Å². The molecule has 3 heteroatoms. The van der Waals surface area contributed by atoms with Crippen LogP contribution in [0.3, 0.4) is 0 Å². The second kappa shape index (κ2) is 4.78. The minimum absolute atomic E-state index is 0.121. The highest BCUT2D eigenvalue weighted by Gasteiger charge is 2.33. The van der Waals surface area contributed by atoms with Crippen LogP contribution in [0.1, 0.15) is 32.3 Å². The topological polar surface area (TPSA) is 38.3 Å². The summed E-state index contributed by atoms with van der Waals surface area (Å²) in [5, 5.41) is 3.05. The number of ether oxygens (including phenoxy) is 1. The maximum Gasteiger partial charge on any atom is 0.220 e. The molecule has 1 saturated heterocycles. The first-order valence-electron chi connectivity index (χ1n) is 6.15. The van der Waals surface area contributed by atoms with E-state index in [1.807, 2.05) is 25.1 Å². The van der Waals surface area contributed by atoms with Crippen molar-refractivity contribution in [1.29, 1.82) is 0 Å². The molecular formula is C14H19NO2. The standard InChI is InChI=1S/C14H19NO2/c1-3-17-12-7-5-4-6-11(12)10-14(2)9-8-13(16)15-14/h4-7H,3,8-10H2,1-2H3,(H,15,16). The van der Waals surface area contributed by atoms with Gasteiger partial charge < -0.3 is 10.1 Å². The molecule has 0 bridgehead atoms. The molecule has 1 amide bonds. The zero-order valence-corrected chi connectivity index (χ0v) is 10.5. The van der Waals surface area contributed by atoms with Crippen molar-refractivity contribution >= 4 is 5.91 Å². The molecule has 92 valence electrons. The van der Waals surface area contributed by atoms with Crippen LogP contribution in [-0.4, -0.2) is 18.1 Å². The molecule has 1 fully saturated rings. The lowest BCUT2D eigenvalue weighted by atomic mass is 9.91. The van der Waals surface area contributed by atoms with Gasteiger partial charge in [0.2, 0.25) is 5.91 Å². The van der Waals surface area contributed by atoms with E-state index in [0.717, 1.165) is 18.6 Å². The van der Waals surface area contributed by atoms with E-state index in [1.165, 1.54) is 5.56 Å². The third kappa shape index (κ3) is 2.78. The van der Waals surface area contributed by atoms with E-state index in [0.29, 0.717) is 13.0 Å². The Bertz CT molecular complexity index is 416. The second-order valence-electron chi connectivity index (χ2n) is 4.83. The Balaban J connectivity index is 2.15. The zero-order valence-electron chi connectivity index (χ0n) is 10.5. The fourth-order valence-corrected chi connectivity index (χ4v) is 2.35. The Morgan fingerprint density at radius 1 is 1.41 bits per heavy atom. The van der Waals surface area contributed by atoms with Crippen LogP contribution in [0.15, 0.2) is 24.3 Å². The summed E-state index contributed by atoms with van der Waals surface area (Å²) in [4.78, 5) is 11.3. The number of benzene rings is 1. The molecule has 0 aliphatic carbocycles. The molecule has 1 heterocycles. The zero-order chi connectivity index (χ0) is 12.3. The first kappa shape index (κ1) is 12.0. The van der Waals surface area contributed by atoms with Gasteiger partial charge in [0.05, 0.1) is 6.61 Å². The van der Waals surface area contributed by atoms with Crippen molar-refractivity contribution < 1.29 is 9.53 Å². The van der Waals surface area contributed by atoms with Crippen molar-refractivity contribution in [1.82, 2.24) is 5.32 Å². The van der Waals surface area contributed by atoms with Crippen LogP contribution in [0.2, 0.25) is 0 Å². The minimum Gasteiger partial charge on any atom is -0.494 e. The van der Waals surface area contributed by atoms with E-state index < -0.39 is 0 Å². The van der Waals surface area contributed by atoms with Crippen LogP contribution in [0, 0.1) is 0 Å². The van der Waals surface area contributed by atoms with Gasteiger partial charge in [-0.2, -0.15) is 0 Å². The summed E-state index contributed by atoms with van der Waals surface area (Å²) >= 11 is 0. The lowest BCUT2D eigenvalue weighted by Crippen LogP contribution is -2.40. The SMILES string of the molecule is CCOc1ccccc1CC1(C)CCC(=O)N1. The average Bonchev–Trinajstić information content (AvgIpc) is 2.62. The van der Waals surface area contributed by atoms with Crippen molar-refractivity contribution in [2.24, 2.45) is 0 Å². The van der Waals surface area contributed by atoms with E-state index in [9.17, 15) is 4.79 Å². The second-order valence-corrected chi connectivity index (χ2v) is 4.83. The fourth-order valence-electron chi connectivity index (χ4n) is 2.35. The number of hydrogen-bond acceptors (Lipinski definition) is 2. The van der Waals surface area contributed by atoms with Gasteiger partial charge in [0, 0.05) is 12.0 Å². The largest absolute Gasteiger partial charge is 0.494 e. The summed E-state index contributed by atoms with van der Waals surface area (Å²) in [5.74, 6) is 1.08. The smallest absolute Gasteiger partial charge is 0.220 e. The van der Waals surface area contributed by atoms with Gasteiger partial charge in [-0.1, -0.05) is 18.2 Å². The molecule has 0 spiro atoms. The van der Waals surface area contributed by atoms with Gasteiger partial charge in [-0.15, -0.1) is 0 Å². The summed E-state index contributed by atoms with van der Waals surface area (Å²) in [6, 6.07) is 8.04. The molecule has 17 heavy (non-hydrogen) atoms. The van der Waals surface area contributed by atoms with Crippen molar-refractivity contribution in [3.63, 3.8) is 0 Å². The summed E-state index contributed by atoms with van der Waals surface area (Å²) in [6.07, 6.45) is 2.36. The lowest BCUT2D eigenvalue weighted by molar-refractivity contribution is -0.119. The Morgan fingerprint density at radius 2 is 2.18 bits per heavy atom. The summed E-state index contributed by atoms with van der Waals surface area (Å²) in [7, 11) is 0. The Morgan fingerprint density at radius 3 is 2.82 bits per heavy atom. The molecule has 1 aliphatic rings. The van der Waals surface area contributed by atoms with E-state index in [-0.39, 0.29) is 11.4 Å². The maximum atomic E-state index is 11.3. The van der Waals surface area contributed by atoms with Crippen LogP contribution in [-0.2, 0) is 11.2 Å². The number of nitrogens with one attached hydrogen (secondary N) is 1. The Labute approximate surface area is 102 Å². The third-order valence-corrected chi connectivity index (χ3v) is 3.20. The van der Waals surface area contributed by atoms with Crippen molar-refractivity contribution in [3.05, 3.63) is 29.8 Å². The van der Waals surface area contributed by atoms with Crippen LogP contribution in [0.25, 0.3) is 0 Å². The average molecular weight is 233 g/mol. The molecule has 0 radical (unpaired) electrons. The highest BCUT2D eigenvalue weighted by atomic mass is 16.5. The summed E-state index contributed by atoms with van der Waals surface area (Å²) in [6.45, 7) is 4.75. The Kier molecular flexibility index (Phi) is 3.36. The van der Waals surface area contributed by atoms with E-state index in [2.05, 4.69) is 18.3 Å². The van der Waals surface area contributed by atoms with Gasteiger partial charge in [0.25, 0.3) is 0 Å². The Hall–Kier alpha value is -1.51. The molecule has 3 nitrogen and oxygen atoms in total. The van der Waals surface area contributed by atoms with E-state index >= 15 is 0 Å². The third-order valence-electron chi connectivity index (χ3n) is 3.20. The van der Waals surface area contributed by atoms with Crippen LogP contribution in [0.4, 0.5) is 0 Å². The molecule has 2 rings (SSSR count). The molecule has 1 unspecified atom stereocenters. The number of amides is 1. The molecule has 0 saturated carbocycles. The molecule has 1 aliphatic heterocycles. The molecular weight excluding hydrogens is 214 g/mol. The molecule has 1 aromatic carbocycles. The van der Waals surface area contributed by atoms with Crippen molar-refractivity contribution in [3.8, 4) is 5.75 Å². The highest BCUT2D eigenvalue weighted by Crippen LogP contribution is 2.28. The van der Waals surface area contributed by atoms with Gasteiger partial charge >= 0.3 is 0 Å². The molecule has 1 N–H and O–H groups in total. The van der Waals surface area contributed by atoms with Crippen molar-refractivity contribution in [2.75, 3.05) is 6.61 Å². The predicted molar refractivity (Wildman–Crippen MR) is 67.1 cm³/mol. The first-order valence-corrected chi connectivity index (χ1v) is 6.15. The van der Waals surface area contributed by atoms with Gasteiger partial charge in [-0.25, -0.2) is 0 Å². The monoisotopic (exact) mass is 233 g/mol. The number of carbonyl (C=O) groups excluding carboxylic acids is 1. The molecule has 1 aromatic rings. The quantitative estimate of drug-likeness (QED) is 0.866. The van der Waals surface area contributed by atoms with Gasteiger partial charge in [-0.3, -0.25) is 4.79 Å². The highest BCUT2D eigenvalue weighted by molar-refractivity contribution is 5.79. The summed E-state index contributed by atoms with van der Waals surface area (Å²) in [5.41, 5.74) is 1.05. The summed E-state index contributed by atoms with van der Waals surface area (Å²) < 4.78 is 5.61. The fraction of sp³-hybridized carbons (Fsp3) is 0.500. The lowest BCUT2D eigenvalue weighted by Gasteiger charge is -2.25. The molecule has 0 aromatic heterocycles. The normalized spacial score (nSPS) is 23.5. The van der Waals surface area contributed by atoms with Gasteiger partial charge in [0.15, 0.2) is 0 Å². The maximum absolute atomic E-state index is 11.3. The number of carbonyl (C=O) groups is 1. The van der Waals surface area contributed by atoms with Crippen LogP contribution >= 0.6 is 0 Å². The minimum atomic E-state index is -0.121. The number of hydrogen-bond donors (Lipinski definition) is 1.